The van der Waals surface area contributed by atoms with Gasteiger partial charge < -0.3 is 10.5 Å². The molecule has 1 aromatic heterocycles. The van der Waals surface area contributed by atoms with Gasteiger partial charge in [-0.05, 0) is 46.8 Å². The van der Waals surface area contributed by atoms with Crippen molar-refractivity contribution in [1.29, 1.82) is 0 Å². The maximum absolute atomic E-state index is 5.95. The second kappa shape index (κ2) is 6.29. The number of rotatable bonds is 4. The minimum Gasteiger partial charge on any atom is -0.380 e. The van der Waals surface area contributed by atoms with Crippen molar-refractivity contribution in [2.24, 2.45) is 5.73 Å². The summed E-state index contributed by atoms with van der Waals surface area (Å²) in [5, 5.41) is 2.11. The summed E-state index contributed by atoms with van der Waals surface area (Å²) in [6, 6.07) is 2.42. The van der Waals surface area contributed by atoms with Crippen molar-refractivity contribution in [2.45, 2.75) is 25.0 Å². The summed E-state index contributed by atoms with van der Waals surface area (Å²) < 4.78 is 6.65. The average Bonchev–Trinajstić information content (AvgIpc) is 2.77. The first kappa shape index (κ1) is 13.5. The number of nitrogens with two attached hydrogens (primary N) is 1. The van der Waals surface area contributed by atoms with E-state index in [1.165, 1.54) is 15.8 Å². The van der Waals surface area contributed by atoms with Gasteiger partial charge in [-0.2, -0.15) is 0 Å². The van der Waals surface area contributed by atoms with Crippen LogP contribution in [0, 0.1) is 0 Å². The molecular formula is C12H19BrN2OS. The number of nitrogens with zero attached hydrogens (tertiary/aromatic N) is 1. The molecular weight excluding hydrogens is 300 g/mol. The zero-order chi connectivity index (χ0) is 12.3. The number of hydrogen-bond acceptors (Lipinski definition) is 4. The van der Waals surface area contributed by atoms with Gasteiger partial charge in [0.15, 0.2) is 0 Å². The Morgan fingerprint density at radius 1 is 1.71 bits per heavy atom. The van der Waals surface area contributed by atoms with Gasteiger partial charge in [0.25, 0.3) is 0 Å². The maximum Gasteiger partial charge on any atom is 0.0698 e. The van der Waals surface area contributed by atoms with Gasteiger partial charge in [0.1, 0.15) is 0 Å². The van der Waals surface area contributed by atoms with E-state index in [1.807, 2.05) is 0 Å². The summed E-state index contributed by atoms with van der Waals surface area (Å²) in [7, 11) is 1.80. The van der Waals surface area contributed by atoms with Crippen molar-refractivity contribution in [2.75, 3.05) is 26.7 Å². The zero-order valence-corrected chi connectivity index (χ0v) is 12.5. The van der Waals surface area contributed by atoms with Crippen LogP contribution in [0.2, 0.25) is 0 Å². The molecule has 2 heterocycles. The number of ether oxygens (including phenoxy) is 1. The van der Waals surface area contributed by atoms with Crippen molar-refractivity contribution >= 4 is 27.3 Å². The fraction of sp³-hybridized carbons (Fsp3) is 0.667. The minimum absolute atomic E-state index is 0.322. The molecule has 1 aliphatic heterocycles. The van der Waals surface area contributed by atoms with Gasteiger partial charge in [-0.25, -0.2) is 0 Å². The van der Waals surface area contributed by atoms with Gasteiger partial charge >= 0.3 is 0 Å². The van der Waals surface area contributed by atoms with Crippen LogP contribution in [-0.4, -0.2) is 37.7 Å². The average molecular weight is 319 g/mol. The standard InChI is InChI=1S/C12H19BrN2OS/c1-16-9-3-2-5-15(8-9)11(7-14)12-10(13)4-6-17-12/h4,6,9,11H,2-3,5,7-8,14H2,1H3. The molecule has 17 heavy (non-hydrogen) atoms. The predicted octanol–water partition coefficient (Wildman–Crippen LogP) is 2.62. The van der Waals surface area contributed by atoms with E-state index in [2.05, 4.69) is 32.3 Å². The predicted molar refractivity (Wildman–Crippen MR) is 75.4 cm³/mol. The highest BCUT2D eigenvalue weighted by molar-refractivity contribution is 9.10. The van der Waals surface area contributed by atoms with E-state index in [-0.39, 0.29) is 0 Å². The quantitative estimate of drug-likeness (QED) is 0.927. The van der Waals surface area contributed by atoms with E-state index >= 15 is 0 Å². The van der Waals surface area contributed by atoms with E-state index in [0.717, 1.165) is 19.5 Å². The molecule has 0 amide bonds. The van der Waals surface area contributed by atoms with Gasteiger partial charge in [0, 0.05) is 29.5 Å². The number of halogens is 1. The second-order valence-corrected chi connectivity index (χ2v) is 6.18. The fourth-order valence-electron chi connectivity index (χ4n) is 2.41. The van der Waals surface area contributed by atoms with Crippen LogP contribution in [0.15, 0.2) is 15.9 Å². The second-order valence-electron chi connectivity index (χ2n) is 4.38. The number of methoxy groups -OCH3 is 1. The molecule has 1 saturated heterocycles. The Kier molecular flexibility index (Phi) is 4.99. The lowest BCUT2D eigenvalue weighted by molar-refractivity contribution is 0.0160. The third kappa shape index (κ3) is 3.09. The fourth-order valence-corrected chi connectivity index (χ4v) is 4.19. The van der Waals surface area contributed by atoms with Gasteiger partial charge in [-0.1, -0.05) is 0 Å². The SMILES string of the molecule is COC1CCCN(C(CN)c2sccc2Br)C1. The van der Waals surface area contributed by atoms with Gasteiger partial charge in [-0.3, -0.25) is 4.90 Å². The molecule has 1 aliphatic rings. The Morgan fingerprint density at radius 2 is 2.53 bits per heavy atom. The Balaban J connectivity index is 2.10. The van der Waals surface area contributed by atoms with Gasteiger partial charge in [-0.15, -0.1) is 11.3 Å². The molecule has 0 aromatic carbocycles. The summed E-state index contributed by atoms with van der Waals surface area (Å²) in [5.41, 5.74) is 5.95. The van der Waals surface area contributed by atoms with Crippen LogP contribution >= 0.6 is 27.3 Å². The first-order chi connectivity index (χ1) is 8.26. The van der Waals surface area contributed by atoms with Crippen LogP contribution in [0.3, 0.4) is 0 Å². The third-order valence-corrected chi connectivity index (χ3v) is 5.33. The molecule has 2 unspecified atom stereocenters. The first-order valence-electron chi connectivity index (χ1n) is 5.96. The van der Waals surface area contributed by atoms with Crippen molar-refractivity contribution in [3.8, 4) is 0 Å². The molecule has 1 aromatic rings. The Bertz CT molecular complexity index is 358. The van der Waals surface area contributed by atoms with E-state index < -0.39 is 0 Å². The summed E-state index contributed by atoms with van der Waals surface area (Å²) >= 11 is 5.38. The molecule has 0 saturated carbocycles. The zero-order valence-electron chi connectivity index (χ0n) is 10.1. The van der Waals surface area contributed by atoms with Crippen LogP contribution in [0.1, 0.15) is 23.8 Å². The minimum atomic E-state index is 0.322. The number of hydrogen-bond donors (Lipinski definition) is 1. The van der Waals surface area contributed by atoms with Crippen LogP contribution in [0.5, 0.6) is 0 Å². The lowest BCUT2D eigenvalue weighted by atomic mass is 10.0. The highest BCUT2D eigenvalue weighted by Gasteiger charge is 2.27. The molecule has 96 valence electrons. The van der Waals surface area contributed by atoms with Crippen LogP contribution in [-0.2, 0) is 4.74 Å². The maximum atomic E-state index is 5.95. The smallest absolute Gasteiger partial charge is 0.0698 e. The first-order valence-corrected chi connectivity index (χ1v) is 7.63. The lowest BCUT2D eigenvalue weighted by Gasteiger charge is -2.37. The highest BCUT2D eigenvalue weighted by atomic mass is 79.9. The molecule has 0 radical (unpaired) electrons. The Labute approximate surface area is 115 Å². The molecule has 3 nitrogen and oxygen atoms in total. The summed E-state index contributed by atoms with van der Waals surface area (Å²) in [5.74, 6) is 0. The Hall–Kier alpha value is 0.0600. The largest absolute Gasteiger partial charge is 0.380 e. The summed E-state index contributed by atoms with van der Waals surface area (Å²) in [4.78, 5) is 3.79. The molecule has 1 fully saturated rings. The molecule has 2 N–H and O–H groups in total. The van der Waals surface area contributed by atoms with Crippen molar-refractivity contribution in [3.05, 3.63) is 20.8 Å². The lowest BCUT2D eigenvalue weighted by Crippen LogP contribution is -2.43. The van der Waals surface area contributed by atoms with Crippen molar-refractivity contribution < 1.29 is 4.74 Å². The topological polar surface area (TPSA) is 38.5 Å². The van der Waals surface area contributed by atoms with Gasteiger partial charge in [0.05, 0.1) is 12.1 Å². The van der Waals surface area contributed by atoms with E-state index in [9.17, 15) is 0 Å². The molecule has 0 aliphatic carbocycles. The van der Waals surface area contributed by atoms with Crippen LogP contribution < -0.4 is 5.73 Å². The monoisotopic (exact) mass is 318 g/mol. The summed E-state index contributed by atoms with van der Waals surface area (Å²) in [6.07, 6.45) is 2.71. The third-order valence-electron chi connectivity index (χ3n) is 3.35. The molecule has 2 rings (SSSR count). The number of piperidine rings is 1. The highest BCUT2D eigenvalue weighted by Crippen LogP contribution is 2.33. The van der Waals surface area contributed by atoms with Crippen LogP contribution in [0.4, 0.5) is 0 Å². The van der Waals surface area contributed by atoms with Crippen molar-refractivity contribution in [3.63, 3.8) is 0 Å². The molecule has 0 bridgehead atoms. The van der Waals surface area contributed by atoms with E-state index in [4.69, 9.17) is 10.5 Å². The van der Waals surface area contributed by atoms with Crippen LogP contribution in [0.25, 0.3) is 0 Å². The van der Waals surface area contributed by atoms with E-state index in [0.29, 0.717) is 18.7 Å². The van der Waals surface area contributed by atoms with E-state index in [1.54, 1.807) is 18.4 Å². The summed E-state index contributed by atoms with van der Waals surface area (Å²) in [6.45, 7) is 2.77. The number of likely N-dealkylation sites (tertiary alicyclic amines) is 1. The molecule has 0 spiro atoms. The molecule has 5 heteroatoms. The Morgan fingerprint density at radius 3 is 3.12 bits per heavy atom. The van der Waals surface area contributed by atoms with Crippen molar-refractivity contribution in [1.82, 2.24) is 4.90 Å². The van der Waals surface area contributed by atoms with Gasteiger partial charge in [0.2, 0.25) is 0 Å². The normalized spacial score (nSPS) is 23.8. The number of thiophene rings is 1. The molecule has 2 atom stereocenters.